The molecule has 38 heavy (non-hydrogen) atoms. The lowest BCUT2D eigenvalue weighted by molar-refractivity contribution is -0.117. The van der Waals surface area contributed by atoms with E-state index in [0.29, 0.717) is 25.5 Å². The van der Waals surface area contributed by atoms with E-state index < -0.39 is 0 Å². The molecule has 6 nitrogen and oxygen atoms in total. The molecule has 3 aromatic carbocycles. The molecule has 1 amide bonds. The van der Waals surface area contributed by atoms with Gasteiger partial charge < -0.3 is 18.9 Å². The number of hydrogen-bond acceptors (Lipinski definition) is 4. The van der Waals surface area contributed by atoms with Crippen LogP contribution in [-0.4, -0.2) is 35.7 Å². The van der Waals surface area contributed by atoms with Crippen LogP contribution in [0.3, 0.4) is 0 Å². The zero-order valence-electron chi connectivity index (χ0n) is 22.8. The molecule has 0 N–H and O–H groups in total. The molecule has 1 aliphatic rings. The summed E-state index contributed by atoms with van der Waals surface area (Å²) in [5.41, 5.74) is 5.44. The van der Waals surface area contributed by atoms with Crippen molar-refractivity contribution >= 4 is 22.6 Å². The van der Waals surface area contributed by atoms with Crippen LogP contribution in [0.2, 0.25) is 0 Å². The standard InChI is InChI=1S/C32H37N3O3/c1-22(2)27-15-14-23(3)18-30(27)38-17-8-7-16-34-29-13-6-5-12-28(29)33-32(34)24-19-31(36)35(21-24)25-10-9-11-26(20-25)37-4/h5-6,9-15,18,20,22,24H,7-8,16-17,19,21H2,1-4H3. The zero-order chi connectivity index (χ0) is 26.6. The van der Waals surface area contributed by atoms with Gasteiger partial charge in [-0.2, -0.15) is 0 Å². The normalized spacial score (nSPS) is 15.6. The Morgan fingerprint density at radius 3 is 2.68 bits per heavy atom. The lowest BCUT2D eigenvalue weighted by atomic mass is 10.0. The van der Waals surface area contributed by atoms with Gasteiger partial charge in [-0.15, -0.1) is 0 Å². The first-order valence-corrected chi connectivity index (χ1v) is 13.6. The Hall–Kier alpha value is -3.80. The fraction of sp³-hybridized carbons (Fsp3) is 0.375. The summed E-state index contributed by atoms with van der Waals surface area (Å²) in [6, 6.07) is 22.4. The number of carbonyl (C=O) groups excluding carboxylic acids is 1. The van der Waals surface area contributed by atoms with Crippen LogP contribution in [-0.2, 0) is 11.3 Å². The molecule has 0 saturated carbocycles. The molecule has 4 aromatic rings. The lowest BCUT2D eigenvalue weighted by Gasteiger charge is -2.18. The maximum Gasteiger partial charge on any atom is 0.227 e. The third-order valence-corrected chi connectivity index (χ3v) is 7.36. The summed E-state index contributed by atoms with van der Waals surface area (Å²) in [5, 5.41) is 0. The third-order valence-electron chi connectivity index (χ3n) is 7.36. The molecule has 198 valence electrons. The molecule has 0 radical (unpaired) electrons. The molecular formula is C32H37N3O3. The topological polar surface area (TPSA) is 56.6 Å². The van der Waals surface area contributed by atoms with Crippen molar-refractivity contribution in [3.05, 3.63) is 83.7 Å². The highest BCUT2D eigenvalue weighted by atomic mass is 16.5. The van der Waals surface area contributed by atoms with Crippen LogP contribution in [0.5, 0.6) is 11.5 Å². The molecule has 1 unspecified atom stereocenters. The Morgan fingerprint density at radius 2 is 1.87 bits per heavy atom. The maximum absolute atomic E-state index is 13.0. The van der Waals surface area contributed by atoms with Gasteiger partial charge in [-0.25, -0.2) is 4.98 Å². The summed E-state index contributed by atoms with van der Waals surface area (Å²) in [7, 11) is 1.64. The Morgan fingerprint density at radius 1 is 1.03 bits per heavy atom. The minimum atomic E-state index is 0.0400. The SMILES string of the molecule is COc1cccc(N2CC(c3nc4ccccc4n3CCCCOc3cc(C)ccc3C(C)C)CC2=O)c1. The predicted molar refractivity (Wildman–Crippen MR) is 152 cm³/mol. The number of aromatic nitrogens is 2. The van der Waals surface area contributed by atoms with Crippen molar-refractivity contribution in [2.75, 3.05) is 25.2 Å². The minimum absolute atomic E-state index is 0.0400. The van der Waals surface area contributed by atoms with Gasteiger partial charge in [-0.1, -0.05) is 44.2 Å². The molecular weight excluding hydrogens is 474 g/mol. The summed E-state index contributed by atoms with van der Waals surface area (Å²) >= 11 is 0. The number of imidazole rings is 1. The van der Waals surface area contributed by atoms with Gasteiger partial charge in [0.05, 0.1) is 24.8 Å². The molecule has 1 atom stereocenters. The van der Waals surface area contributed by atoms with Crippen molar-refractivity contribution in [1.82, 2.24) is 9.55 Å². The Kier molecular flexibility index (Phi) is 7.68. The number of amides is 1. The van der Waals surface area contributed by atoms with Crippen LogP contribution in [0.4, 0.5) is 5.69 Å². The van der Waals surface area contributed by atoms with Gasteiger partial charge in [0, 0.05) is 37.2 Å². The quantitative estimate of drug-likeness (QED) is 0.218. The number of aryl methyl sites for hydroxylation is 2. The number of hydrogen-bond donors (Lipinski definition) is 0. The van der Waals surface area contributed by atoms with Crippen LogP contribution in [0, 0.1) is 6.92 Å². The van der Waals surface area contributed by atoms with Gasteiger partial charge in [0.1, 0.15) is 17.3 Å². The number of unbranched alkanes of at least 4 members (excludes halogenated alkanes) is 1. The fourth-order valence-corrected chi connectivity index (χ4v) is 5.35. The van der Waals surface area contributed by atoms with Crippen LogP contribution >= 0.6 is 0 Å². The molecule has 0 aliphatic carbocycles. The second kappa shape index (κ2) is 11.3. The largest absolute Gasteiger partial charge is 0.497 e. The van der Waals surface area contributed by atoms with Gasteiger partial charge in [0.2, 0.25) is 5.91 Å². The van der Waals surface area contributed by atoms with E-state index in [0.717, 1.165) is 53.4 Å². The van der Waals surface area contributed by atoms with Crippen molar-refractivity contribution in [3.63, 3.8) is 0 Å². The van der Waals surface area contributed by atoms with Crippen molar-refractivity contribution in [2.45, 2.75) is 58.4 Å². The molecule has 6 heteroatoms. The van der Waals surface area contributed by atoms with Gasteiger partial charge in [0.25, 0.3) is 0 Å². The number of rotatable bonds is 10. The van der Waals surface area contributed by atoms with E-state index in [2.05, 4.69) is 61.7 Å². The summed E-state index contributed by atoms with van der Waals surface area (Å²) < 4.78 is 13.9. The molecule has 1 fully saturated rings. The first-order valence-electron chi connectivity index (χ1n) is 13.6. The van der Waals surface area contributed by atoms with E-state index in [4.69, 9.17) is 14.5 Å². The number of methoxy groups -OCH3 is 1. The number of fused-ring (bicyclic) bond motifs is 1. The van der Waals surface area contributed by atoms with E-state index in [-0.39, 0.29) is 11.8 Å². The van der Waals surface area contributed by atoms with Crippen LogP contribution < -0.4 is 14.4 Å². The van der Waals surface area contributed by atoms with E-state index in [1.165, 1.54) is 11.1 Å². The molecule has 1 aromatic heterocycles. The van der Waals surface area contributed by atoms with Crippen molar-refractivity contribution in [2.24, 2.45) is 0 Å². The average molecular weight is 512 g/mol. The van der Waals surface area contributed by atoms with Gasteiger partial charge in [-0.3, -0.25) is 4.79 Å². The van der Waals surface area contributed by atoms with Gasteiger partial charge in [0.15, 0.2) is 0 Å². The van der Waals surface area contributed by atoms with Crippen molar-refractivity contribution in [3.8, 4) is 11.5 Å². The highest BCUT2D eigenvalue weighted by Gasteiger charge is 2.35. The Labute approximate surface area is 225 Å². The predicted octanol–water partition coefficient (Wildman–Crippen LogP) is 6.86. The molecule has 2 heterocycles. The number of nitrogens with zero attached hydrogens (tertiary/aromatic N) is 3. The summed E-state index contributed by atoms with van der Waals surface area (Å²) in [4.78, 5) is 19.9. The number of anilines is 1. The van der Waals surface area contributed by atoms with Gasteiger partial charge in [-0.05, 0) is 67.1 Å². The number of ether oxygens (including phenoxy) is 2. The van der Waals surface area contributed by atoms with Crippen LogP contribution in [0.15, 0.2) is 66.7 Å². The summed E-state index contributed by atoms with van der Waals surface area (Å²) in [6.07, 6.45) is 2.36. The fourth-order valence-electron chi connectivity index (χ4n) is 5.35. The molecule has 1 aliphatic heterocycles. The average Bonchev–Trinajstić information content (AvgIpc) is 3.48. The molecule has 5 rings (SSSR count). The van der Waals surface area contributed by atoms with E-state index in [1.807, 2.05) is 35.2 Å². The number of para-hydroxylation sites is 2. The van der Waals surface area contributed by atoms with E-state index >= 15 is 0 Å². The Balaban J connectivity index is 1.29. The van der Waals surface area contributed by atoms with Crippen molar-refractivity contribution in [1.29, 1.82) is 0 Å². The molecule has 1 saturated heterocycles. The zero-order valence-corrected chi connectivity index (χ0v) is 22.8. The molecule has 0 spiro atoms. The number of benzene rings is 3. The van der Waals surface area contributed by atoms with Gasteiger partial charge >= 0.3 is 0 Å². The summed E-state index contributed by atoms with van der Waals surface area (Å²) in [6.45, 7) is 8.64. The lowest BCUT2D eigenvalue weighted by Crippen LogP contribution is -2.24. The van der Waals surface area contributed by atoms with Crippen LogP contribution in [0.25, 0.3) is 11.0 Å². The number of carbonyl (C=O) groups is 1. The maximum atomic E-state index is 13.0. The summed E-state index contributed by atoms with van der Waals surface area (Å²) in [5.74, 6) is 3.32. The highest BCUT2D eigenvalue weighted by molar-refractivity contribution is 5.96. The third kappa shape index (κ3) is 5.40. The first kappa shape index (κ1) is 25.8. The van der Waals surface area contributed by atoms with E-state index in [9.17, 15) is 4.79 Å². The van der Waals surface area contributed by atoms with E-state index in [1.54, 1.807) is 7.11 Å². The second-order valence-electron chi connectivity index (χ2n) is 10.5. The van der Waals surface area contributed by atoms with Crippen LogP contribution in [0.1, 0.15) is 61.9 Å². The second-order valence-corrected chi connectivity index (χ2v) is 10.5. The highest BCUT2D eigenvalue weighted by Crippen LogP contribution is 2.34. The first-order chi connectivity index (χ1) is 18.4. The van der Waals surface area contributed by atoms with Crippen molar-refractivity contribution < 1.29 is 14.3 Å². The Bertz CT molecular complexity index is 1420. The minimum Gasteiger partial charge on any atom is -0.497 e. The monoisotopic (exact) mass is 511 g/mol. The molecule has 0 bridgehead atoms. The smallest absolute Gasteiger partial charge is 0.227 e.